The lowest BCUT2D eigenvalue weighted by molar-refractivity contribution is -0.138. The Morgan fingerprint density at radius 1 is 1.00 bits per heavy atom. The summed E-state index contributed by atoms with van der Waals surface area (Å²) in [6, 6.07) is 18.0. The molecule has 0 amide bonds. The Hall–Kier alpha value is -3.48. The molecule has 0 spiro atoms. The highest BCUT2D eigenvalue weighted by Crippen LogP contribution is 2.37. The predicted octanol–water partition coefficient (Wildman–Crippen LogP) is 7.19. The molecule has 3 rings (SSSR count). The first kappa shape index (κ1) is 26.1. The van der Waals surface area contributed by atoms with Gasteiger partial charge in [0.15, 0.2) is 0 Å². The van der Waals surface area contributed by atoms with Crippen LogP contribution in [0.3, 0.4) is 0 Å². The molecule has 186 valence electrons. The van der Waals surface area contributed by atoms with Gasteiger partial charge in [0, 0.05) is 18.4 Å². The fourth-order valence-electron chi connectivity index (χ4n) is 3.78. The van der Waals surface area contributed by atoms with Gasteiger partial charge < -0.3 is 14.6 Å². The van der Waals surface area contributed by atoms with Crippen LogP contribution in [0.15, 0.2) is 66.7 Å². The number of carboxylic acid groups (broad SMARTS) is 1. The van der Waals surface area contributed by atoms with Gasteiger partial charge in [0.25, 0.3) is 0 Å². The summed E-state index contributed by atoms with van der Waals surface area (Å²) in [4.78, 5) is 10.9. The zero-order valence-corrected chi connectivity index (χ0v) is 19.8. The SMILES string of the molecule is CCc1cc(OCC[C@H](C)Oc2ccc(C(F)(F)F)cc2-c2ccccc2)ccc1CCC(=O)O. The number of hydrogen-bond donors (Lipinski definition) is 1. The number of benzene rings is 3. The molecule has 35 heavy (non-hydrogen) atoms. The van der Waals surface area contributed by atoms with E-state index in [2.05, 4.69) is 0 Å². The Morgan fingerprint density at radius 3 is 2.40 bits per heavy atom. The normalized spacial score (nSPS) is 12.3. The Labute approximate surface area is 203 Å². The molecule has 0 saturated heterocycles. The maximum absolute atomic E-state index is 13.3. The third-order valence-electron chi connectivity index (χ3n) is 5.68. The number of halogens is 3. The van der Waals surface area contributed by atoms with Gasteiger partial charge in [-0.2, -0.15) is 13.2 Å². The number of rotatable bonds is 11. The van der Waals surface area contributed by atoms with E-state index in [0.717, 1.165) is 29.7 Å². The summed E-state index contributed by atoms with van der Waals surface area (Å²) < 4.78 is 51.7. The zero-order chi connectivity index (χ0) is 25.4. The third-order valence-corrected chi connectivity index (χ3v) is 5.68. The molecule has 0 bridgehead atoms. The Bertz CT molecular complexity index is 1130. The lowest BCUT2D eigenvalue weighted by atomic mass is 10.0. The second-order valence-electron chi connectivity index (χ2n) is 8.32. The van der Waals surface area contributed by atoms with E-state index in [1.807, 2.05) is 32.0 Å². The topological polar surface area (TPSA) is 55.8 Å². The van der Waals surface area contributed by atoms with E-state index in [-0.39, 0.29) is 12.5 Å². The van der Waals surface area contributed by atoms with Gasteiger partial charge in [0.05, 0.1) is 18.3 Å². The summed E-state index contributed by atoms with van der Waals surface area (Å²) in [7, 11) is 0. The molecule has 0 aliphatic heterocycles. The van der Waals surface area contributed by atoms with Crippen LogP contribution in [0.5, 0.6) is 11.5 Å². The van der Waals surface area contributed by atoms with Crippen molar-refractivity contribution in [3.05, 3.63) is 83.4 Å². The first-order valence-electron chi connectivity index (χ1n) is 11.6. The monoisotopic (exact) mass is 486 g/mol. The average molecular weight is 487 g/mol. The molecule has 0 fully saturated rings. The van der Waals surface area contributed by atoms with E-state index >= 15 is 0 Å². The van der Waals surface area contributed by atoms with Crippen molar-refractivity contribution < 1.29 is 32.5 Å². The van der Waals surface area contributed by atoms with Crippen LogP contribution in [0.1, 0.15) is 43.4 Å². The number of carboxylic acids is 1. The second kappa shape index (κ2) is 11.8. The molecule has 4 nitrogen and oxygen atoms in total. The molecular formula is C28H29F3O4. The van der Waals surface area contributed by atoms with Crippen molar-refractivity contribution >= 4 is 5.97 Å². The smallest absolute Gasteiger partial charge is 0.416 e. The fraction of sp³-hybridized carbons (Fsp3) is 0.321. The van der Waals surface area contributed by atoms with Crippen LogP contribution in [0.4, 0.5) is 13.2 Å². The number of aryl methyl sites for hydroxylation is 2. The zero-order valence-electron chi connectivity index (χ0n) is 19.8. The van der Waals surface area contributed by atoms with Crippen LogP contribution < -0.4 is 9.47 Å². The molecule has 0 unspecified atom stereocenters. The molecular weight excluding hydrogens is 457 g/mol. The number of ether oxygens (including phenoxy) is 2. The van der Waals surface area contributed by atoms with Crippen molar-refractivity contribution in [2.75, 3.05) is 6.61 Å². The van der Waals surface area contributed by atoms with Gasteiger partial charge in [-0.3, -0.25) is 4.79 Å². The van der Waals surface area contributed by atoms with Crippen LogP contribution in [-0.4, -0.2) is 23.8 Å². The van der Waals surface area contributed by atoms with Crippen LogP contribution in [0, 0.1) is 0 Å². The minimum Gasteiger partial charge on any atom is -0.493 e. The van der Waals surface area contributed by atoms with Crippen molar-refractivity contribution in [1.29, 1.82) is 0 Å². The summed E-state index contributed by atoms with van der Waals surface area (Å²) >= 11 is 0. The molecule has 7 heteroatoms. The van der Waals surface area contributed by atoms with E-state index in [4.69, 9.17) is 14.6 Å². The highest BCUT2D eigenvalue weighted by Gasteiger charge is 2.31. The Kier molecular flexibility index (Phi) is 8.79. The summed E-state index contributed by atoms with van der Waals surface area (Å²) in [5.74, 6) is 0.241. The molecule has 1 atom stereocenters. The minimum absolute atomic E-state index is 0.0803. The second-order valence-corrected chi connectivity index (χ2v) is 8.32. The van der Waals surface area contributed by atoms with Gasteiger partial charge in [0.2, 0.25) is 0 Å². The van der Waals surface area contributed by atoms with E-state index in [1.165, 1.54) is 6.07 Å². The Morgan fingerprint density at radius 2 is 1.74 bits per heavy atom. The van der Waals surface area contributed by atoms with Crippen LogP contribution in [0.2, 0.25) is 0 Å². The molecule has 0 aromatic heterocycles. The fourth-order valence-corrected chi connectivity index (χ4v) is 3.78. The van der Waals surface area contributed by atoms with Crippen molar-refractivity contribution in [3.63, 3.8) is 0 Å². The van der Waals surface area contributed by atoms with Crippen LogP contribution in [0.25, 0.3) is 11.1 Å². The standard InChI is InChI=1S/C28H29F3O4/c1-3-20-17-24(12-9-21(20)10-14-27(32)33)34-16-15-19(2)35-26-13-11-23(28(29,30)31)18-25(26)22-7-5-4-6-8-22/h4-9,11-13,17-19H,3,10,14-16H2,1-2H3,(H,32,33)/t19-/m0/s1. The third kappa shape index (κ3) is 7.50. The number of hydrogen-bond acceptors (Lipinski definition) is 3. The quantitative estimate of drug-likeness (QED) is 0.312. The van der Waals surface area contributed by atoms with Crippen molar-refractivity contribution in [3.8, 4) is 22.6 Å². The number of carbonyl (C=O) groups is 1. The minimum atomic E-state index is -4.44. The van der Waals surface area contributed by atoms with Crippen molar-refractivity contribution in [1.82, 2.24) is 0 Å². The van der Waals surface area contributed by atoms with E-state index in [9.17, 15) is 18.0 Å². The van der Waals surface area contributed by atoms with Gasteiger partial charge in [-0.05, 0) is 66.8 Å². The van der Waals surface area contributed by atoms with Crippen molar-refractivity contribution in [2.45, 2.75) is 51.8 Å². The molecule has 3 aromatic carbocycles. The van der Waals surface area contributed by atoms with Crippen LogP contribution in [-0.2, 0) is 23.8 Å². The maximum atomic E-state index is 13.3. The van der Waals surface area contributed by atoms with E-state index in [0.29, 0.717) is 42.1 Å². The first-order valence-corrected chi connectivity index (χ1v) is 11.6. The van der Waals surface area contributed by atoms with Gasteiger partial charge in [-0.15, -0.1) is 0 Å². The largest absolute Gasteiger partial charge is 0.493 e. The molecule has 0 aliphatic rings. The molecule has 0 aliphatic carbocycles. The van der Waals surface area contributed by atoms with Gasteiger partial charge in [-0.25, -0.2) is 0 Å². The summed E-state index contributed by atoms with van der Waals surface area (Å²) in [5.41, 5.74) is 2.35. The molecule has 1 N–H and O–H groups in total. The predicted molar refractivity (Wildman–Crippen MR) is 129 cm³/mol. The molecule has 0 heterocycles. The van der Waals surface area contributed by atoms with E-state index in [1.54, 1.807) is 30.3 Å². The molecule has 0 saturated carbocycles. The van der Waals surface area contributed by atoms with Gasteiger partial charge in [-0.1, -0.05) is 43.3 Å². The van der Waals surface area contributed by atoms with Crippen molar-refractivity contribution in [2.24, 2.45) is 0 Å². The van der Waals surface area contributed by atoms with Crippen LogP contribution >= 0.6 is 0 Å². The first-order chi connectivity index (χ1) is 16.7. The van der Waals surface area contributed by atoms with E-state index < -0.39 is 17.7 Å². The lowest BCUT2D eigenvalue weighted by Gasteiger charge is -2.19. The summed E-state index contributed by atoms with van der Waals surface area (Å²) in [6.07, 6.45) is -2.89. The lowest BCUT2D eigenvalue weighted by Crippen LogP contribution is -2.16. The highest BCUT2D eigenvalue weighted by molar-refractivity contribution is 5.71. The molecule has 3 aromatic rings. The average Bonchev–Trinajstić information content (AvgIpc) is 2.83. The Balaban J connectivity index is 1.65. The number of aliphatic carboxylic acids is 1. The summed E-state index contributed by atoms with van der Waals surface area (Å²) in [5, 5.41) is 8.91. The molecule has 0 radical (unpaired) electrons. The van der Waals surface area contributed by atoms with Gasteiger partial charge >= 0.3 is 12.1 Å². The summed E-state index contributed by atoms with van der Waals surface area (Å²) in [6.45, 7) is 4.22. The van der Waals surface area contributed by atoms with Gasteiger partial charge in [0.1, 0.15) is 11.5 Å². The highest BCUT2D eigenvalue weighted by atomic mass is 19.4. The maximum Gasteiger partial charge on any atom is 0.416 e. The number of alkyl halides is 3.